The highest BCUT2D eigenvalue weighted by Gasteiger charge is 2.36. The van der Waals surface area contributed by atoms with Crippen LogP contribution in [0, 0.1) is 0 Å². The van der Waals surface area contributed by atoms with E-state index in [1.54, 1.807) is 0 Å². The Morgan fingerprint density at radius 2 is 1.20 bits per heavy atom. The van der Waals surface area contributed by atoms with Crippen molar-refractivity contribution in [2.75, 3.05) is 26.3 Å². The highest BCUT2D eigenvalue weighted by atomic mass is 35.5. The maximum atomic E-state index is 6.66. The first-order valence-electron chi connectivity index (χ1n) is 16.7. The molecule has 0 radical (unpaired) electrons. The van der Waals surface area contributed by atoms with E-state index in [9.17, 15) is 0 Å². The summed E-state index contributed by atoms with van der Waals surface area (Å²) in [6.07, 6.45) is 4.30. The molecule has 3 heterocycles. The van der Waals surface area contributed by atoms with Crippen molar-refractivity contribution in [3.8, 4) is 5.75 Å². The summed E-state index contributed by atoms with van der Waals surface area (Å²) < 4.78 is 25.2. The fourth-order valence-corrected chi connectivity index (χ4v) is 6.33. The van der Waals surface area contributed by atoms with Gasteiger partial charge in [0, 0.05) is 48.6 Å². The third-order valence-electron chi connectivity index (χ3n) is 8.84. The number of piperidine rings is 1. The highest BCUT2D eigenvalue weighted by molar-refractivity contribution is 5.85. The first-order valence-corrected chi connectivity index (χ1v) is 16.7. The third-order valence-corrected chi connectivity index (χ3v) is 8.84. The predicted octanol–water partition coefficient (Wildman–Crippen LogP) is 8.05. The molecule has 8 heteroatoms. The Morgan fingerprint density at radius 3 is 1.82 bits per heavy atom. The molecule has 0 aliphatic carbocycles. The number of fused-ring (bicyclic) bond motifs is 2. The van der Waals surface area contributed by atoms with Crippen LogP contribution in [-0.4, -0.2) is 48.5 Å². The molecule has 7 nitrogen and oxygen atoms in total. The fraction of sp³-hybridized carbons (Fsp3) is 0.268. The molecule has 0 saturated carbocycles. The summed E-state index contributed by atoms with van der Waals surface area (Å²) in [5.41, 5.74) is 6.50. The van der Waals surface area contributed by atoms with E-state index in [0.717, 1.165) is 58.2 Å². The van der Waals surface area contributed by atoms with Crippen LogP contribution in [0.4, 0.5) is 0 Å². The average molecular weight is 676 g/mol. The molecular weight excluding hydrogens is 634 g/mol. The Balaban J connectivity index is 0.00000417. The van der Waals surface area contributed by atoms with Crippen molar-refractivity contribution < 1.29 is 18.9 Å². The molecule has 1 fully saturated rings. The Bertz CT molecular complexity index is 1820. The van der Waals surface area contributed by atoms with Gasteiger partial charge in [0.15, 0.2) is 0 Å². The molecule has 1 N–H and O–H groups in total. The van der Waals surface area contributed by atoms with Crippen LogP contribution >= 0.6 is 12.4 Å². The van der Waals surface area contributed by atoms with Crippen molar-refractivity contribution >= 4 is 34.2 Å². The number of aromatic nitrogens is 2. The molecule has 1 aliphatic heterocycles. The summed E-state index contributed by atoms with van der Waals surface area (Å²) in [6, 6.07) is 39.4. The molecule has 0 spiro atoms. The first kappa shape index (κ1) is 34.5. The first-order chi connectivity index (χ1) is 23.8. The number of benzene rings is 4. The maximum Gasteiger partial charge on any atom is 0.119 e. The fourth-order valence-electron chi connectivity index (χ4n) is 6.33. The Kier molecular flexibility index (Phi) is 12.2. The van der Waals surface area contributed by atoms with Gasteiger partial charge < -0.3 is 24.3 Å². The van der Waals surface area contributed by atoms with E-state index in [2.05, 4.69) is 100 Å². The van der Waals surface area contributed by atoms with Gasteiger partial charge in [-0.3, -0.25) is 9.97 Å². The number of ether oxygens (including phenoxy) is 4. The van der Waals surface area contributed by atoms with E-state index >= 15 is 0 Å². The topological polar surface area (TPSA) is 74.7 Å². The van der Waals surface area contributed by atoms with Gasteiger partial charge in [0.2, 0.25) is 0 Å². The van der Waals surface area contributed by atoms with Gasteiger partial charge in [0.1, 0.15) is 5.75 Å². The summed E-state index contributed by atoms with van der Waals surface area (Å²) >= 11 is 0. The molecule has 252 valence electrons. The van der Waals surface area contributed by atoms with Crippen LogP contribution < -0.4 is 10.1 Å². The molecule has 1 unspecified atom stereocenters. The van der Waals surface area contributed by atoms with Crippen molar-refractivity contribution in [2.45, 2.75) is 44.4 Å². The second kappa shape index (κ2) is 17.3. The number of nitrogens with one attached hydrogen (secondary N) is 1. The van der Waals surface area contributed by atoms with Crippen LogP contribution in [-0.2, 0) is 34.0 Å². The van der Waals surface area contributed by atoms with Gasteiger partial charge in [-0.1, -0.05) is 78.9 Å². The number of hydrogen-bond acceptors (Lipinski definition) is 7. The van der Waals surface area contributed by atoms with Gasteiger partial charge in [0.25, 0.3) is 0 Å². The zero-order valence-electron chi connectivity index (χ0n) is 27.4. The number of pyridine rings is 2. The van der Waals surface area contributed by atoms with Crippen LogP contribution in [0.5, 0.6) is 5.75 Å². The minimum absolute atomic E-state index is 0. The van der Waals surface area contributed by atoms with E-state index in [1.807, 2.05) is 42.7 Å². The van der Waals surface area contributed by atoms with E-state index in [1.165, 1.54) is 11.1 Å². The second-order valence-corrected chi connectivity index (χ2v) is 12.3. The summed E-state index contributed by atoms with van der Waals surface area (Å²) in [6.45, 7) is 4.32. The van der Waals surface area contributed by atoms with E-state index < -0.39 is 0 Å². The molecular formula is C41H42ClN3O4. The molecule has 3 atom stereocenters. The van der Waals surface area contributed by atoms with Crippen LogP contribution in [0.15, 0.2) is 128 Å². The van der Waals surface area contributed by atoms with Crippen LogP contribution in [0.3, 0.4) is 0 Å². The van der Waals surface area contributed by atoms with Crippen molar-refractivity contribution in [2.24, 2.45) is 0 Å². The second-order valence-electron chi connectivity index (χ2n) is 12.3. The average Bonchev–Trinajstić information content (AvgIpc) is 3.15. The smallest absolute Gasteiger partial charge is 0.119 e. The summed E-state index contributed by atoms with van der Waals surface area (Å²) in [7, 11) is 0. The quantitative estimate of drug-likeness (QED) is 0.117. The predicted molar refractivity (Wildman–Crippen MR) is 196 cm³/mol. The molecule has 1 saturated heterocycles. The zero-order valence-corrected chi connectivity index (χ0v) is 28.3. The van der Waals surface area contributed by atoms with Gasteiger partial charge >= 0.3 is 0 Å². The lowest BCUT2D eigenvalue weighted by molar-refractivity contribution is -0.0650. The largest absolute Gasteiger partial charge is 0.494 e. The van der Waals surface area contributed by atoms with Gasteiger partial charge in [-0.15, -0.1) is 12.4 Å². The van der Waals surface area contributed by atoms with Gasteiger partial charge in [-0.05, 0) is 58.7 Å². The molecule has 4 aromatic carbocycles. The lowest BCUT2D eigenvalue weighted by Gasteiger charge is -2.39. The molecule has 49 heavy (non-hydrogen) atoms. The minimum Gasteiger partial charge on any atom is -0.494 e. The van der Waals surface area contributed by atoms with E-state index in [-0.39, 0.29) is 30.5 Å². The summed E-state index contributed by atoms with van der Waals surface area (Å²) in [5, 5.41) is 5.82. The van der Waals surface area contributed by atoms with E-state index in [0.29, 0.717) is 33.0 Å². The molecule has 2 aromatic heterocycles. The maximum absolute atomic E-state index is 6.66. The highest BCUT2D eigenvalue weighted by Crippen LogP contribution is 2.33. The van der Waals surface area contributed by atoms with Crippen molar-refractivity contribution in [3.63, 3.8) is 0 Å². The minimum atomic E-state index is -0.0880. The molecule has 7 rings (SSSR count). The van der Waals surface area contributed by atoms with Crippen molar-refractivity contribution in [1.29, 1.82) is 0 Å². The Hall–Kier alpha value is -4.37. The lowest BCUT2D eigenvalue weighted by Crippen LogP contribution is -2.50. The third kappa shape index (κ3) is 9.21. The number of nitrogens with zero attached hydrogens (tertiary/aromatic N) is 2. The monoisotopic (exact) mass is 675 g/mol. The molecule has 0 bridgehead atoms. The van der Waals surface area contributed by atoms with E-state index in [4.69, 9.17) is 18.9 Å². The standard InChI is InChI=1S/C41H41N3O4.ClH/c1-2-7-30(8-3-1)27-45-21-6-22-46-36-17-15-35(16-18-36)41-39(47-28-31-11-13-33-9-4-19-43-37(33)23-31)25-42-26-40(41)48-29-32-12-14-34-10-5-20-44-38(34)24-32;/h1-5,7-20,23-24,39-42H,6,21-22,25-29H2;1H/t39-,40+,41?;. The lowest BCUT2D eigenvalue weighted by atomic mass is 9.85. The van der Waals surface area contributed by atoms with Gasteiger partial charge in [-0.2, -0.15) is 0 Å². The van der Waals surface area contributed by atoms with Crippen molar-refractivity contribution in [3.05, 3.63) is 150 Å². The number of rotatable bonds is 14. The summed E-state index contributed by atoms with van der Waals surface area (Å²) in [5.74, 6) is 0.877. The van der Waals surface area contributed by atoms with Crippen molar-refractivity contribution in [1.82, 2.24) is 15.3 Å². The number of halogens is 1. The number of hydrogen-bond donors (Lipinski definition) is 1. The van der Waals surface area contributed by atoms with Crippen LogP contribution in [0.25, 0.3) is 21.8 Å². The zero-order chi connectivity index (χ0) is 32.4. The van der Waals surface area contributed by atoms with Crippen LogP contribution in [0.1, 0.15) is 34.6 Å². The Morgan fingerprint density at radius 1 is 0.592 bits per heavy atom. The SMILES string of the molecule is Cl.c1ccc(COCCCOc2ccc(C3[C@@H](OCc4ccc5cccnc5c4)CNC[C@H]3OCc3ccc4cccnc4c3)cc2)cc1. The summed E-state index contributed by atoms with van der Waals surface area (Å²) in [4.78, 5) is 9.06. The normalized spacial score (nSPS) is 17.5. The van der Waals surface area contributed by atoms with Crippen LogP contribution in [0.2, 0.25) is 0 Å². The molecule has 6 aromatic rings. The Labute approximate surface area is 294 Å². The van der Waals surface area contributed by atoms with Gasteiger partial charge in [0.05, 0.1) is 56.3 Å². The molecule has 0 amide bonds. The molecule has 1 aliphatic rings. The van der Waals surface area contributed by atoms with Gasteiger partial charge in [-0.25, -0.2) is 0 Å².